The van der Waals surface area contributed by atoms with Crippen molar-refractivity contribution in [3.63, 3.8) is 0 Å². The van der Waals surface area contributed by atoms with Gasteiger partial charge in [-0.2, -0.15) is 0 Å². The first-order valence-electron chi connectivity index (χ1n) is 11.4. The van der Waals surface area contributed by atoms with E-state index >= 15 is 0 Å². The first kappa shape index (κ1) is 25.6. The topological polar surface area (TPSA) is 91.0 Å². The number of amides is 3. The lowest BCUT2D eigenvalue weighted by Crippen LogP contribution is -2.51. The molecule has 1 saturated heterocycles. The number of piperazine rings is 1. The van der Waals surface area contributed by atoms with Crippen molar-refractivity contribution in [2.45, 2.75) is 52.7 Å². The van der Waals surface area contributed by atoms with Crippen LogP contribution in [0.3, 0.4) is 0 Å². The Morgan fingerprint density at radius 3 is 2.22 bits per heavy atom. The maximum Gasteiger partial charge on any atom is 0.410 e. The zero-order chi connectivity index (χ0) is 23.7. The van der Waals surface area contributed by atoms with Gasteiger partial charge in [-0.1, -0.05) is 44.2 Å². The number of nitrogens with one attached hydrogen (secondary N) is 2. The molecule has 0 radical (unpaired) electrons. The monoisotopic (exact) mass is 446 g/mol. The highest BCUT2D eigenvalue weighted by atomic mass is 16.6. The van der Waals surface area contributed by atoms with Crippen LogP contribution in [0.15, 0.2) is 30.3 Å². The van der Waals surface area contributed by atoms with Crippen molar-refractivity contribution in [3.05, 3.63) is 35.9 Å². The number of hydrogen-bond acceptors (Lipinski definition) is 5. The van der Waals surface area contributed by atoms with Crippen LogP contribution in [0.25, 0.3) is 0 Å². The van der Waals surface area contributed by atoms with E-state index < -0.39 is 11.6 Å². The first-order valence-corrected chi connectivity index (χ1v) is 11.4. The van der Waals surface area contributed by atoms with E-state index in [1.165, 1.54) is 0 Å². The summed E-state index contributed by atoms with van der Waals surface area (Å²) in [6.07, 6.45) is 0.0896. The Labute approximate surface area is 191 Å². The molecule has 1 atom stereocenters. The Bertz CT molecular complexity index is 753. The average Bonchev–Trinajstić information content (AvgIpc) is 2.71. The van der Waals surface area contributed by atoms with E-state index in [0.717, 1.165) is 18.7 Å². The molecule has 178 valence electrons. The summed E-state index contributed by atoms with van der Waals surface area (Å²) >= 11 is 0. The Morgan fingerprint density at radius 1 is 1.03 bits per heavy atom. The number of hydrogen-bond donors (Lipinski definition) is 2. The summed E-state index contributed by atoms with van der Waals surface area (Å²) in [7, 11) is 0. The van der Waals surface area contributed by atoms with Gasteiger partial charge in [-0.3, -0.25) is 14.5 Å². The van der Waals surface area contributed by atoms with Crippen molar-refractivity contribution in [1.29, 1.82) is 0 Å². The van der Waals surface area contributed by atoms with Gasteiger partial charge in [0.05, 0.1) is 0 Å². The van der Waals surface area contributed by atoms with Crippen LogP contribution in [0.4, 0.5) is 4.79 Å². The van der Waals surface area contributed by atoms with Crippen LogP contribution >= 0.6 is 0 Å². The van der Waals surface area contributed by atoms with E-state index in [4.69, 9.17) is 4.74 Å². The van der Waals surface area contributed by atoms with Gasteiger partial charge in [-0.15, -0.1) is 0 Å². The number of carbonyl (C=O) groups is 3. The summed E-state index contributed by atoms with van der Waals surface area (Å²) in [6, 6.07) is 8.56. The van der Waals surface area contributed by atoms with Crippen LogP contribution in [0.5, 0.6) is 0 Å². The van der Waals surface area contributed by atoms with Crippen LogP contribution in [0.1, 0.15) is 52.6 Å². The molecule has 0 aromatic heterocycles. The summed E-state index contributed by atoms with van der Waals surface area (Å²) in [4.78, 5) is 41.3. The van der Waals surface area contributed by atoms with Crippen LogP contribution in [-0.2, 0) is 14.3 Å². The lowest BCUT2D eigenvalue weighted by molar-refractivity contribution is -0.129. The predicted octanol–water partition coefficient (Wildman–Crippen LogP) is 2.56. The molecule has 1 aliphatic heterocycles. The van der Waals surface area contributed by atoms with Crippen molar-refractivity contribution in [2.24, 2.45) is 5.92 Å². The van der Waals surface area contributed by atoms with Gasteiger partial charge < -0.3 is 20.3 Å². The Hall–Kier alpha value is -2.61. The second-order valence-corrected chi connectivity index (χ2v) is 9.61. The first-order chi connectivity index (χ1) is 15.0. The van der Waals surface area contributed by atoms with Crippen molar-refractivity contribution in [2.75, 3.05) is 39.3 Å². The second kappa shape index (κ2) is 11.9. The third-order valence-electron chi connectivity index (χ3n) is 5.05. The smallest absolute Gasteiger partial charge is 0.410 e. The lowest BCUT2D eigenvalue weighted by atomic mass is 10.0. The van der Waals surface area contributed by atoms with E-state index in [1.807, 2.05) is 65.0 Å². The molecule has 1 heterocycles. The summed E-state index contributed by atoms with van der Waals surface area (Å²) in [5, 5.41) is 5.82. The van der Waals surface area contributed by atoms with Gasteiger partial charge in [0.1, 0.15) is 11.6 Å². The minimum absolute atomic E-state index is 0.137. The van der Waals surface area contributed by atoms with Gasteiger partial charge in [0.2, 0.25) is 11.8 Å². The van der Waals surface area contributed by atoms with Crippen molar-refractivity contribution < 1.29 is 19.1 Å². The van der Waals surface area contributed by atoms with Gasteiger partial charge >= 0.3 is 6.09 Å². The maximum atomic E-state index is 12.9. The van der Waals surface area contributed by atoms with E-state index in [1.54, 1.807) is 4.90 Å². The Morgan fingerprint density at radius 2 is 1.66 bits per heavy atom. The third-order valence-corrected chi connectivity index (χ3v) is 5.05. The van der Waals surface area contributed by atoms with Crippen LogP contribution in [-0.4, -0.2) is 72.6 Å². The SMILES string of the molecule is CC(C)CC(=O)NC(C(=O)NCCN1CCN(C(=O)OC(C)(C)C)CC1)c1ccccc1. The zero-order valence-electron chi connectivity index (χ0n) is 20.0. The fourth-order valence-electron chi connectivity index (χ4n) is 3.46. The van der Waals surface area contributed by atoms with Gasteiger partial charge in [-0.25, -0.2) is 4.79 Å². The number of benzene rings is 1. The molecule has 0 spiro atoms. The summed E-state index contributed by atoms with van der Waals surface area (Å²) < 4.78 is 5.43. The normalized spacial score (nSPS) is 15.9. The van der Waals surface area contributed by atoms with E-state index in [-0.39, 0.29) is 23.8 Å². The molecule has 32 heavy (non-hydrogen) atoms. The highest BCUT2D eigenvalue weighted by Gasteiger charge is 2.26. The largest absolute Gasteiger partial charge is 0.444 e. The highest BCUT2D eigenvalue weighted by Crippen LogP contribution is 2.14. The minimum Gasteiger partial charge on any atom is -0.444 e. The van der Waals surface area contributed by atoms with Crippen LogP contribution in [0, 0.1) is 5.92 Å². The Balaban J connectivity index is 1.82. The van der Waals surface area contributed by atoms with Crippen molar-refractivity contribution in [1.82, 2.24) is 20.4 Å². The summed E-state index contributed by atoms with van der Waals surface area (Å²) in [5.74, 6) is -0.142. The third kappa shape index (κ3) is 8.86. The molecule has 1 fully saturated rings. The highest BCUT2D eigenvalue weighted by molar-refractivity contribution is 5.88. The molecule has 8 nitrogen and oxygen atoms in total. The molecule has 8 heteroatoms. The van der Waals surface area contributed by atoms with Gasteiger partial charge in [0.25, 0.3) is 0 Å². The fourth-order valence-corrected chi connectivity index (χ4v) is 3.46. The molecule has 1 aromatic rings. The number of ether oxygens (including phenoxy) is 1. The molecule has 2 rings (SSSR count). The second-order valence-electron chi connectivity index (χ2n) is 9.61. The van der Waals surface area contributed by atoms with Crippen molar-refractivity contribution >= 4 is 17.9 Å². The summed E-state index contributed by atoms with van der Waals surface area (Å²) in [5.41, 5.74) is 0.256. The zero-order valence-corrected chi connectivity index (χ0v) is 20.0. The molecule has 2 N–H and O–H groups in total. The molecule has 1 aromatic carbocycles. The molecular formula is C24H38N4O4. The predicted molar refractivity (Wildman–Crippen MR) is 124 cm³/mol. The van der Waals surface area contributed by atoms with Crippen LogP contribution in [0.2, 0.25) is 0 Å². The number of nitrogens with zero attached hydrogens (tertiary/aromatic N) is 2. The molecule has 0 aliphatic carbocycles. The van der Waals surface area contributed by atoms with Gasteiger partial charge in [0, 0.05) is 45.7 Å². The van der Waals surface area contributed by atoms with Crippen molar-refractivity contribution in [3.8, 4) is 0 Å². The fraction of sp³-hybridized carbons (Fsp3) is 0.625. The summed E-state index contributed by atoms with van der Waals surface area (Å²) in [6.45, 7) is 13.3. The average molecular weight is 447 g/mol. The van der Waals surface area contributed by atoms with Gasteiger partial charge in [-0.05, 0) is 32.3 Å². The van der Waals surface area contributed by atoms with E-state index in [2.05, 4.69) is 15.5 Å². The molecule has 3 amide bonds. The lowest BCUT2D eigenvalue weighted by Gasteiger charge is -2.35. The molecule has 0 saturated carbocycles. The van der Waals surface area contributed by atoms with Gasteiger partial charge in [0.15, 0.2) is 0 Å². The molecule has 1 unspecified atom stereocenters. The van der Waals surface area contributed by atoms with E-state index in [0.29, 0.717) is 32.6 Å². The van der Waals surface area contributed by atoms with E-state index in [9.17, 15) is 14.4 Å². The number of carbonyl (C=O) groups excluding carboxylic acids is 3. The maximum absolute atomic E-state index is 12.9. The molecule has 1 aliphatic rings. The molecule has 0 bridgehead atoms. The molecular weight excluding hydrogens is 408 g/mol. The quantitative estimate of drug-likeness (QED) is 0.640. The van der Waals surface area contributed by atoms with Crippen LogP contribution < -0.4 is 10.6 Å². The Kier molecular flexibility index (Phi) is 9.50. The standard InChI is InChI=1S/C24H38N4O4/c1-18(2)17-20(29)26-21(19-9-7-6-8-10-19)22(30)25-11-12-27-13-15-28(16-14-27)23(31)32-24(3,4)5/h6-10,18,21H,11-17H2,1-5H3,(H,25,30)(H,26,29). The number of rotatable bonds is 8. The minimum atomic E-state index is -0.716.